The van der Waals surface area contributed by atoms with Crippen molar-refractivity contribution in [1.82, 2.24) is 20.2 Å². The Bertz CT molecular complexity index is 571. The molecule has 2 aromatic rings. The van der Waals surface area contributed by atoms with E-state index in [0.717, 1.165) is 29.7 Å². The quantitative estimate of drug-likeness (QED) is 0.791. The van der Waals surface area contributed by atoms with E-state index in [2.05, 4.69) is 26.3 Å². The summed E-state index contributed by atoms with van der Waals surface area (Å²) in [6, 6.07) is 8.11. The molecule has 0 fully saturated rings. The smallest absolute Gasteiger partial charge is 0.233 e. The van der Waals surface area contributed by atoms with E-state index < -0.39 is 0 Å². The Labute approximate surface area is 137 Å². The van der Waals surface area contributed by atoms with Crippen LogP contribution in [0, 0.1) is 0 Å². The number of likely N-dealkylation sites (N-methyl/N-ethyl adjacent to an activating group) is 1. The minimum atomic E-state index is 0. The van der Waals surface area contributed by atoms with Gasteiger partial charge in [0, 0.05) is 20.0 Å². The van der Waals surface area contributed by atoms with Gasteiger partial charge < -0.3 is 15.2 Å². The lowest BCUT2D eigenvalue weighted by Gasteiger charge is -2.05. The van der Waals surface area contributed by atoms with Gasteiger partial charge in [0.1, 0.15) is 5.82 Å². The summed E-state index contributed by atoms with van der Waals surface area (Å²) < 4.78 is 2.12. The minimum Gasteiger partial charge on any atom is -0.355 e. The normalized spacial score (nSPS) is 9.81. The second-order valence-corrected chi connectivity index (χ2v) is 4.56. The van der Waals surface area contributed by atoms with Crippen LogP contribution in [0.25, 0.3) is 11.0 Å². The summed E-state index contributed by atoms with van der Waals surface area (Å²) in [6.45, 7) is 1.05. The lowest BCUT2D eigenvalue weighted by atomic mass is 10.3. The van der Waals surface area contributed by atoms with Gasteiger partial charge in [-0.05, 0) is 25.6 Å². The van der Waals surface area contributed by atoms with Crippen molar-refractivity contribution in [3.8, 4) is 0 Å². The highest BCUT2D eigenvalue weighted by atomic mass is 35.5. The number of hydrogen-bond donors (Lipinski definition) is 2. The molecule has 0 unspecified atom stereocenters. The average molecular weight is 333 g/mol. The van der Waals surface area contributed by atoms with Gasteiger partial charge in [-0.2, -0.15) is 0 Å². The molecule has 118 valence electrons. The van der Waals surface area contributed by atoms with E-state index in [0.29, 0.717) is 13.1 Å². The number of nitrogens with zero attached hydrogens (tertiary/aromatic N) is 2. The number of benzene rings is 1. The lowest BCUT2D eigenvalue weighted by molar-refractivity contribution is -0.120. The highest BCUT2D eigenvalue weighted by Gasteiger charge is 2.06. The number of carbonyl (C=O) groups is 1. The molecule has 2 N–H and O–H groups in total. The largest absolute Gasteiger partial charge is 0.355 e. The van der Waals surface area contributed by atoms with Crippen LogP contribution in [-0.4, -0.2) is 35.6 Å². The zero-order valence-electron chi connectivity index (χ0n) is 12.3. The molecule has 5 nitrogen and oxygen atoms in total. The van der Waals surface area contributed by atoms with Crippen molar-refractivity contribution in [1.29, 1.82) is 0 Å². The predicted molar refractivity (Wildman–Crippen MR) is 90.5 cm³/mol. The number of imidazole rings is 1. The molecule has 1 heterocycles. The standard InChI is InChI=1S/C14H20N4O.2ClH/c1-15-10-14(19)16-9-5-8-13-17-11-6-3-4-7-12(11)18(13)2;;/h3-4,6-7,15H,5,8-10H2,1-2H3,(H,16,19);2*1H. The first-order valence-corrected chi connectivity index (χ1v) is 6.54. The Morgan fingerprint density at radius 3 is 2.67 bits per heavy atom. The van der Waals surface area contributed by atoms with Crippen molar-refractivity contribution in [3.05, 3.63) is 30.1 Å². The molecule has 2 rings (SSSR count). The molecular weight excluding hydrogens is 311 g/mol. The van der Waals surface area contributed by atoms with Crippen LogP contribution in [-0.2, 0) is 18.3 Å². The first kappa shape index (κ1) is 19.7. The number of fused-ring (bicyclic) bond motifs is 1. The number of aromatic nitrogens is 2. The van der Waals surface area contributed by atoms with Crippen LogP contribution in [0.4, 0.5) is 0 Å². The maximum Gasteiger partial charge on any atom is 0.233 e. The van der Waals surface area contributed by atoms with Gasteiger partial charge in [-0.25, -0.2) is 4.98 Å². The van der Waals surface area contributed by atoms with Crippen LogP contribution < -0.4 is 10.6 Å². The van der Waals surface area contributed by atoms with Crippen molar-refractivity contribution in [2.45, 2.75) is 12.8 Å². The average Bonchev–Trinajstić information content (AvgIpc) is 2.73. The van der Waals surface area contributed by atoms with Gasteiger partial charge in [-0.15, -0.1) is 24.8 Å². The van der Waals surface area contributed by atoms with Gasteiger partial charge in [-0.3, -0.25) is 4.79 Å². The van der Waals surface area contributed by atoms with Gasteiger partial charge in [0.25, 0.3) is 0 Å². The van der Waals surface area contributed by atoms with E-state index in [1.54, 1.807) is 7.05 Å². The van der Waals surface area contributed by atoms with Gasteiger partial charge in [0.15, 0.2) is 0 Å². The summed E-state index contributed by atoms with van der Waals surface area (Å²) in [5, 5.41) is 5.69. The van der Waals surface area contributed by atoms with Crippen molar-refractivity contribution in [2.75, 3.05) is 20.1 Å². The summed E-state index contributed by atoms with van der Waals surface area (Å²) in [7, 11) is 3.79. The first-order valence-electron chi connectivity index (χ1n) is 6.54. The Morgan fingerprint density at radius 2 is 2.00 bits per heavy atom. The molecular formula is C14H22Cl2N4O. The van der Waals surface area contributed by atoms with E-state index in [-0.39, 0.29) is 30.7 Å². The number of rotatable bonds is 6. The molecule has 0 bridgehead atoms. The summed E-state index contributed by atoms with van der Waals surface area (Å²) in [6.07, 6.45) is 1.76. The van der Waals surface area contributed by atoms with Gasteiger partial charge in [0.05, 0.1) is 17.6 Å². The highest BCUT2D eigenvalue weighted by molar-refractivity contribution is 5.85. The molecule has 0 aliphatic rings. The summed E-state index contributed by atoms with van der Waals surface area (Å²) >= 11 is 0. The molecule has 1 amide bonds. The van der Waals surface area contributed by atoms with Crippen LogP contribution in [0.3, 0.4) is 0 Å². The van der Waals surface area contributed by atoms with E-state index in [1.165, 1.54) is 0 Å². The molecule has 0 aliphatic carbocycles. The number of amides is 1. The van der Waals surface area contributed by atoms with Crippen LogP contribution in [0.5, 0.6) is 0 Å². The van der Waals surface area contributed by atoms with Gasteiger partial charge in [-0.1, -0.05) is 12.1 Å². The lowest BCUT2D eigenvalue weighted by Crippen LogP contribution is -2.32. The van der Waals surface area contributed by atoms with Crippen LogP contribution in [0.1, 0.15) is 12.2 Å². The predicted octanol–water partition coefficient (Wildman–Crippen LogP) is 1.69. The summed E-state index contributed by atoms with van der Waals surface area (Å²) in [5.74, 6) is 1.09. The molecule has 0 radical (unpaired) electrons. The Hall–Kier alpha value is -1.30. The number of aryl methyl sites for hydroxylation is 2. The van der Waals surface area contributed by atoms with Crippen molar-refractivity contribution < 1.29 is 4.79 Å². The fourth-order valence-electron chi connectivity index (χ4n) is 2.12. The van der Waals surface area contributed by atoms with Gasteiger partial charge in [0.2, 0.25) is 5.91 Å². The third kappa shape index (κ3) is 5.19. The van der Waals surface area contributed by atoms with Crippen molar-refractivity contribution in [3.63, 3.8) is 0 Å². The topological polar surface area (TPSA) is 59.0 Å². The zero-order chi connectivity index (χ0) is 13.7. The Kier molecular flexibility index (Phi) is 9.01. The van der Waals surface area contributed by atoms with Crippen LogP contribution in [0.2, 0.25) is 0 Å². The fourth-order valence-corrected chi connectivity index (χ4v) is 2.12. The molecule has 1 aromatic heterocycles. The summed E-state index contributed by atoms with van der Waals surface area (Å²) in [5.41, 5.74) is 2.18. The molecule has 0 aliphatic heterocycles. The molecule has 0 spiro atoms. The third-order valence-electron chi connectivity index (χ3n) is 3.12. The zero-order valence-corrected chi connectivity index (χ0v) is 13.9. The van der Waals surface area contributed by atoms with Gasteiger partial charge >= 0.3 is 0 Å². The number of halogens is 2. The Balaban J connectivity index is 0.00000200. The molecule has 1 aromatic carbocycles. The van der Waals surface area contributed by atoms with Crippen molar-refractivity contribution >= 4 is 41.8 Å². The second kappa shape index (κ2) is 9.60. The van der Waals surface area contributed by atoms with E-state index in [9.17, 15) is 4.79 Å². The molecule has 21 heavy (non-hydrogen) atoms. The second-order valence-electron chi connectivity index (χ2n) is 4.56. The monoisotopic (exact) mass is 332 g/mol. The van der Waals surface area contributed by atoms with Crippen LogP contribution >= 0.6 is 24.8 Å². The number of hydrogen-bond acceptors (Lipinski definition) is 3. The maximum atomic E-state index is 11.3. The van der Waals surface area contributed by atoms with E-state index in [4.69, 9.17) is 0 Å². The number of para-hydroxylation sites is 2. The van der Waals surface area contributed by atoms with E-state index >= 15 is 0 Å². The number of carbonyl (C=O) groups excluding carboxylic acids is 1. The van der Waals surface area contributed by atoms with Crippen LogP contribution in [0.15, 0.2) is 24.3 Å². The first-order chi connectivity index (χ1) is 9.22. The molecule has 7 heteroatoms. The Morgan fingerprint density at radius 1 is 1.29 bits per heavy atom. The highest BCUT2D eigenvalue weighted by Crippen LogP contribution is 2.14. The maximum absolute atomic E-state index is 11.3. The summed E-state index contributed by atoms with van der Waals surface area (Å²) in [4.78, 5) is 15.9. The fraction of sp³-hybridized carbons (Fsp3) is 0.429. The molecule has 0 saturated carbocycles. The minimum absolute atomic E-state index is 0. The van der Waals surface area contributed by atoms with E-state index in [1.807, 2.05) is 25.2 Å². The molecule has 0 atom stereocenters. The third-order valence-corrected chi connectivity index (χ3v) is 3.12. The van der Waals surface area contributed by atoms with Crippen molar-refractivity contribution in [2.24, 2.45) is 7.05 Å². The number of nitrogens with one attached hydrogen (secondary N) is 2. The SMILES string of the molecule is CNCC(=O)NCCCc1nc2ccccc2n1C.Cl.Cl. The molecule has 0 saturated heterocycles.